The molecule has 0 spiro atoms. The molecule has 0 saturated carbocycles. The van der Waals surface area contributed by atoms with Crippen molar-refractivity contribution in [1.82, 2.24) is 0 Å². The maximum Gasteiger partial charge on any atom is 3.00 e. The van der Waals surface area contributed by atoms with Crippen molar-refractivity contribution in [3.63, 3.8) is 0 Å². The fraction of sp³-hybridized carbons (Fsp3) is 0.200. The minimum absolute atomic E-state index is 0. The molecule has 0 atom stereocenters. The van der Waals surface area contributed by atoms with Crippen molar-refractivity contribution in [2.45, 2.75) is 26.8 Å². The molecule has 0 amide bonds. The van der Waals surface area contributed by atoms with Gasteiger partial charge in [-0.1, -0.05) is 71.8 Å². The quantitative estimate of drug-likeness (QED) is 0.651. The van der Waals surface area contributed by atoms with Gasteiger partial charge in [-0.3, -0.25) is 0 Å². The smallest absolute Gasteiger partial charge is 1.00 e. The Bertz CT molecular complexity index is 709. The summed E-state index contributed by atoms with van der Waals surface area (Å²) in [6.07, 6.45) is 3.36. The molecule has 0 heterocycles. The van der Waals surface area contributed by atoms with Crippen molar-refractivity contribution in [2.75, 3.05) is 0 Å². The summed E-state index contributed by atoms with van der Waals surface area (Å²) in [5.41, 5.74) is 7.98. The minimum atomic E-state index is 0. The van der Waals surface area contributed by atoms with Gasteiger partial charge in [0.15, 0.2) is 0 Å². The van der Waals surface area contributed by atoms with E-state index < -0.39 is 0 Å². The second-order valence-electron chi connectivity index (χ2n) is 5.64. The van der Waals surface area contributed by atoms with Gasteiger partial charge in [0.05, 0.1) is 0 Å². The molecule has 0 N–H and O–H groups in total. The van der Waals surface area contributed by atoms with Crippen LogP contribution in [0.25, 0.3) is 10.9 Å². The zero-order valence-corrected chi connectivity index (χ0v) is 17.0. The van der Waals surface area contributed by atoms with E-state index in [0.29, 0.717) is 0 Å². The van der Waals surface area contributed by atoms with E-state index in [1.54, 1.807) is 0 Å². The van der Waals surface area contributed by atoms with Crippen molar-refractivity contribution >= 4 is 11.3 Å². The summed E-state index contributed by atoms with van der Waals surface area (Å²) in [7, 11) is 0. The van der Waals surface area contributed by atoms with E-state index in [-0.39, 0.29) is 46.5 Å². The van der Waals surface area contributed by atoms with Crippen LogP contribution in [0, 0.1) is 0 Å². The van der Waals surface area contributed by atoms with Crippen LogP contribution in [0.4, 0.5) is 5.69 Å². The number of rotatable bonds is 4. The van der Waals surface area contributed by atoms with E-state index in [9.17, 15) is 0 Å². The summed E-state index contributed by atoms with van der Waals surface area (Å²) in [6, 6.07) is 18.8. The average molecular weight is 393 g/mol. The number of benzene rings is 2. The van der Waals surface area contributed by atoms with Crippen LogP contribution in [0.1, 0.15) is 31.4 Å². The van der Waals surface area contributed by atoms with Crippen LogP contribution < -0.4 is 24.8 Å². The molecule has 2 aromatic rings. The predicted octanol–water partition coefficient (Wildman–Crippen LogP) is 0.0210. The molecule has 0 bridgehead atoms. The van der Waals surface area contributed by atoms with E-state index in [0.717, 1.165) is 18.7 Å². The molecular weight excluding hydrogens is 373 g/mol. The molecule has 0 fully saturated rings. The van der Waals surface area contributed by atoms with Crippen LogP contribution >= 0.6 is 0 Å². The molecule has 0 saturated heterocycles. The van der Waals surface area contributed by atoms with Gasteiger partial charge in [-0.05, 0) is 37.0 Å². The summed E-state index contributed by atoms with van der Waals surface area (Å²) in [5, 5.41) is 4.71. The zero-order chi connectivity index (χ0) is 14.7. The number of para-hydroxylation sites is 1. The molecule has 0 unspecified atom stereocenters. The Hall–Kier alpha value is -0.986. The SMILES string of the molecule is CC1=CC(C)=C(c2ccccc2C[N-]c2ccccc2)C1.[Cl-].[Cl-].[Ti+3]. The largest absolute Gasteiger partial charge is 3.00 e. The van der Waals surface area contributed by atoms with Crippen molar-refractivity contribution in [2.24, 2.45) is 0 Å². The number of allylic oxidation sites excluding steroid dienone is 4. The Morgan fingerprint density at radius 1 is 0.875 bits per heavy atom. The third-order valence-corrected chi connectivity index (χ3v) is 3.93. The molecule has 1 aliphatic rings. The molecule has 1 radical (unpaired) electrons. The Balaban J connectivity index is 0.00000176. The topological polar surface area (TPSA) is 14.1 Å². The standard InChI is InChI=1S/C20H20N.2ClH.Ti/c1-15-12-16(2)20(13-15)19-11-7-6-8-17(19)14-21-18-9-4-3-5-10-18;;;/h3-12H,13-14H2,1-2H3;2*1H;/q-1;;;+3/p-2. The Morgan fingerprint density at radius 2 is 1.50 bits per heavy atom. The first-order chi connectivity index (χ1) is 10.2. The molecule has 3 rings (SSSR count). The molecule has 1 nitrogen and oxygen atoms in total. The Kier molecular flexibility index (Phi) is 10.3. The van der Waals surface area contributed by atoms with Crippen LogP contribution in [0.3, 0.4) is 0 Å². The van der Waals surface area contributed by atoms with Crippen molar-refractivity contribution in [3.8, 4) is 0 Å². The third-order valence-electron chi connectivity index (χ3n) is 3.93. The predicted molar refractivity (Wildman–Crippen MR) is 90.6 cm³/mol. The number of nitrogens with zero attached hydrogens (tertiary/aromatic N) is 1. The van der Waals surface area contributed by atoms with E-state index in [1.807, 2.05) is 18.2 Å². The fourth-order valence-electron chi connectivity index (χ4n) is 2.90. The summed E-state index contributed by atoms with van der Waals surface area (Å²) in [4.78, 5) is 0. The summed E-state index contributed by atoms with van der Waals surface area (Å²) >= 11 is 0. The molecule has 4 heteroatoms. The maximum atomic E-state index is 4.71. The molecule has 0 aromatic heterocycles. The molecule has 2 aromatic carbocycles. The van der Waals surface area contributed by atoms with E-state index >= 15 is 0 Å². The van der Waals surface area contributed by atoms with E-state index in [4.69, 9.17) is 5.32 Å². The molecular formula is C20H20Cl2NTi. The summed E-state index contributed by atoms with van der Waals surface area (Å²) in [6.45, 7) is 5.14. The summed E-state index contributed by atoms with van der Waals surface area (Å²) in [5.74, 6) is 0. The van der Waals surface area contributed by atoms with Gasteiger partial charge in [-0.25, -0.2) is 0 Å². The first-order valence-electron chi connectivity index (χ1n) is 7.42. The average Bonchev–Trinajstić information content (AvgIpc) is 2.85. The first-order valence-corrected chi connectivity index (χ1v) is 7.42. The van der Waals surface area contributed by atoms with Crippen LogP contribution in [0.2, 0.25) is 0 Å². The Morgan fingerprint density at radius 3 is 2.12 bits per heavy atom. The minimum Gasteiger partial charge on any atom is -1.00 e. The van der Waals surface area contributed by atoms with Gasteiger partial charge >= 0.3 is 21.7 Å². The molecule has 123 valence electrons. The van der Waals surface area contributed by atoms with Crippen LogP contribution in [0.15, 0.2) is 71.8 Å². The number of hydrogen-bond acceptors (Lipinski definition) is 0. The second kappa shape index (κ2) is 10.8. The fourth-order valence-corrected chi connectivity index (χ4v) is 2.90. The van der Waals surface area contributed by atoms with Crippen LogP contribution in [-0.2, 0) is 28.3 Å². The zero-order valence-electron chi connectivity index (χ0n) is 13.9. The van der Waals surface area contributed by atoms with Gasteiger partial charge in [0, 0.05) is 0 Å². The maximum absolute atomic E-state index is 4.71. The molecule has 24 heavy (non-hydrogen) atoms. The van der Waals surface area contributed by atoms with Crippen molar-refractivity contribution < 1.29 is 46.5 Å². The van der Waals surface area contributed by atoms with Crippen molar-refractivity contribution in [3.05, 3.63) is 88.3 Å². The third kappa shape index (κ3) is 5.53. The second-order valence-corrected chi connectivity index (χ2v) is 5.64. The van der Waals surface area contributed by atoms with Gasteiger partial charge in [-0.2, -0.15) is 0 Å². The molecule has 1 aliphatic carbocycles. The van der Waals surface area contributed by atoms with Crippen LogP contribution in [-0.4, -0.2) is 0 Å². The molecule has 0 aliphatic heterocycles. The van der Waals surface area contributed by atoms with Gasteiger partial charge in [0.25, 0.3) is 0 Å². The van der Waals surface area contributed by atoms with E-state index in [1.165, 1.54) is 27.8 Å². The van der Waals surface area contributed by atoms with Gasteiger partial charge < -0.3 is 30.1 Å². The summed E-state index contributed by atoms with van der Waals surface area (Å²) < 4.78 is 0. The van der Waals surface area contributed by atoms with Gasteiger partial charge in [0.2, 0.25) is 0 Å². The van der Waals surface area contributed by atoms with Gasteiger partial charge in [-0.15, -0.1) is 12.2 Å². The number of halogens is 2. The number of hydrogen-bond donors (Lipinski definition) is 0. The van der Waals surface area contributed by atoms with Gasteiger partial charge in [0.1, 0.15) is 0 Å². The van der Waals surface area contributed by atoms with Crippen LogP contribution in [0.5, 0.6) is 0 Å². The first kappa shape index (κ1) is 23.0. The van der Waals surface area contributed by atoms with E-state index in [2.05, 4.69) is 56.3 Å². The Labute approximate surface area is 172 Å². The monoisotopic (exact) mass is 392 g/mol. The normalized spacial score (nSPS) is 12.5. The van der Waals surface area contributed by atoms with Crippen molar-refractivity contribution in [1.29, 1.82) is 0 Å².